The molecule has 1 aromatic carbocycles. The molecule has 0 aliphatic carbocycles. The van der Waals surface area contributed by atoms with E-state index in [-0.39, 0.29) is 24.0 Å². The highest BCUT2D eigenvalue weighted by atomic mass is 16.5. The van der Waals surface area contributed by atoms with Crippen molar-refractivity contribution >= 4 is 23.3 Å². The van der Waals surface area contributed by atoms with Crippen molar-refractivity contribution in [1.82, 2.24) is 4.90 Å². The largest absolute Gasteiger partial charge is 0.497 e. The second kappa shape index (κ2) is 5.88. The monoisotopic (exact) mass is 302 g/mol. The molecule has 0 N–H and O–H groups in total. The number of likely N-dealkylation sites (tertiary alicyclic amines) is 1. The predicted octanol–water partition coefficient (Wildman–Crippen LogP) is 0.992. The number of rotatable bonds is 3. The van der Waals surface area contributed by atoms with Gasteiger partial charge in [0.05, 0.1) is 25.3 Å². The van der Waals surface area contributed by atoms with Gasteiger partial charge >= 0.3 is 0 Å². The fraction of sp³-hybridized carbons (Fsp3) is 0.438. The van der Waals surface area contributed by atoms with Gasteiger partial charge in [0.1, 0.15) is 11.5 Å². The highest BCUT2D eigenvalue weighted by Gasteiger charge is 2.43. The molecule has 2 aliphatic rings. The van der Waals surface area contributed by atoms with Crippen LogP contribution in [0, 0.1) is 0 Å². The summed E-state index contributed by atoms with van der Waals surface area (Å²) >= 11 is 0. The van der Waals surface area contributed by atoms with Crippen molar-refractivity contribution in [1.29, 1.82) is 0 Å². The summed E-state index contributed by atoms with van der Waals surface area (Å²) in [5.74, 6) is 0.496. The summed E-state index contributed by atoms with van der Waals surface area (Å²) in [6, 6.07) is 6.42. The molecule has 0 bridgehead atoms. The Balaban J connectivity index is 1.77. The van der Waals surface area contributed by atoms with Crippen LogP contribution in [-0.4, -0.2) is 48.7 Å². The average molecular weight is 302 g/mol. The first kappa shape index (κ1) is 14.7. The van der Waals surface area contributed by atoms with Gasteiger partial charge in [-0.2, -0.15) is 0 Å². The number of nitrogens with zero attached hydrogens (tertiary/aromatic N) is 2. The standard InChI is InChI=1S/C16H18N2O4/c1-22-13-4-2-11(3-5-13)18-15(20)10-14(16(18)21)17-8-6-12(19)7-9-17/h2-5,14H,6-10H2,1H3/t14-/m1/s1. The van der Waals surface area contributed by atoms with Gasteiger partial charge in [-0.05, 0) is 24.3 Å². The smallest absolute Gasteiger partial charge is 0.251 e. The van der Waals surface area contributed by atoms with E-state index in [1.165, 1.54) is 4.90 Å². The number of hydrogen-bond donors (Lipinski definition) is 0. The van der Waals surface area contributed by atoms with Gasteiger partial charge in [-0.3, -0.25) is 19.3 Å². The molecular formula is C16H18N2O4. The minimum absolute atomic E-state index is 0.180. The fourth-order valence-corrected chi connectivity index (χ4v) is 2.99. The Morgan fingerprint density at radius 1 is 1.05 bits per heavy atom. The highest BCUT2D eigenvalue weighted by molar-refractivity contribution is 6.22. The molecule has 6 heteroatoms. The number of methoxy groups -OCH3 is 1. The van der Waals surface area contributed by atoms with Crippen molar-refractivity contribution in [3.63, 3.8) is 0 Å². The van der Waals surface area contributed by atoms with Crippen LogP contribution >= 0.6 is 0 Å². The summed E-state index contributed by atoms with van der Waals surface area (Å²) in [6.45, 7) is 1.11. The first-order valence-electron chi connectivity index (χ1n) is 7.37. The average Bonchev–Trinajstić information content (AvgIpc) is 2.83. The molecule has 0 spiro atoms. The summed E-state index contributed by atoms with van der Waals surface area (Å²) in [6.07, 6.45) is 1.10. The molecule has 2 heterocycles. The number of carbonyl (C=O) groups excluding carboxylic acids is 3. The third kappa shape index (κ3) is 2.62. The lowest BCUT2D eigenvalue weighted by atomic mass is 10.1. The fourth-order valence-electron chi connectivity index (χ4n) is 2.99. The first-order valence-corrected chi connectivity index (χ1v) is 7.37. The predicted molar refractivity (Wildman–Crippen MR) is 79.7 cm³/mol. The van der Waals surface area contributed by atoms with E-state index in [4.69, 9.17) is 4.74 Å². The number of carbonyl (C=O) groups is 3. The number of ether oxygens (including phenoxy) is 1. The lowest BCUT2D eigenvalue weighted by Crippen LogP contribution is -2.46. The Morgan fingerprint density at radius 2 is 1.68 bits per heavy atom. The zero-order chi connectivity index (χ0) is 15.7. The van der Waals surface area contributed by atoms with E-state index in [9.17, 15) is 14.4 Å². The normalized spacial score (nSPS) is 23.2. The van der Waals surface area contributed by atoms with E-state index < -0.39 is 6.04 Å². The molecule has 1 aromatic rings. The van der Waals surface area contributed by atoms with Crippen LogP contribution in [0.15, 0.2) is 24.3 Å². The molecule has 0 unspecified atom stereocenters. The Morgan fingerprint density at radius 3 is 2.27 bits per heavy atom. The van der Waals surface area contributed by atoms with Crippen LogP contribution in [0.25, 0.3) is 0 Å². The summed E-state index contributed by atoms with van der Waals surface area (Å²) < 4.78 is 5.08. The van der Waals surface area contributed by atoms with E-state index in [1.807, 2.05) is 4.90 Å². The van der Waals surface area contributed by atoms with Crippen LogP contribution in [0.1, 0.15) is 19.3 Å². The van der Waals surface area contributed by atoms with Gasteiger partial charge in [-0.15, -0.1) is 0 Å². The number of piperidine rings is 1. The number of ketones is 1. The summed E-state index contributed by atoms with van der Waals surface area (Å²) in [5.41, 5.74) is 0.561. The van der Waals surface area contributed by atoms with Crippen molar-refractivity contribution in [3.8, 4) is 5.75 Å². The van der Waals surface area contributed by atoms with E-state index in [1.54, 1.807) is 31.4 Å². The number of amides is 2. The van der Waals surface area contributed by atoms with Crippen molar-refractivity contribution in [2.45, 2.75) is 25.3 Å². The van der Waals surface area contributed by atoms with Gasteiger partial charge in [0.25, 0.3) is 5.91 Å². The summed E-state index contributed by atoms with van der Waals surface area (Å²) in [4.78, 5) is 39.3. The number of anilines is 1. The van der Waals surface area contributed by atoms with Gasteiger partial charge in [-0.1, -0.05) is 0 Å². The maximum atomic E-state index is 12.6. The molecule has 1 atom stereocenters. The van der Waals surface area contributed by atoms with Gasteiger partial charge in [0.15, 0.2) is 0 Å². The Hall–Kier alpha value is -2.21. The maximum Gasteiger partial charge on any atom is 0.251 e. The maximum absolute atomic E-state index is 12.6. The van der Waals surface area contributed by atoms with Crippen LogP contribution in [-0.2, 0) is 14.4 Å². The van der Waals surface area contributed by atoms with Gasteiger partial charge in [0, 0.05) is 25.9 Å². The number of imide groups is 1. The number of benzene rings is 1. The summed E-state index contributed by atoms with van der Waals surface area (Å²) in [7, 11) is 1.56. The van der Waals surface area contributed by atoms with Gasteiger partial charge in [-0.25, -0.2) is 4.90 Å². The van der Waals surface area contributed by atoms with Crippen molar-refractivity contribution in [3.05, 3.63) is 24.3 Å². The molecule has 116 valence electrons. The minimum Gasteiger partial charge on any atom is -0.497 e. The zero-order valence-electron chi connectivity index (χ0n) is 12.4. The van der Waals surface area contributed by atoms with E-state index in [0.717, 1.165) is 0 Å². The van der Waals surface area contributed by atoms with E-state index in [0.29, 0.717) is 37.4 Å². The Kier molecular flexibility index (Phi) is 3.94. The van der Waals surface area contributed by atoms with Crippen LogP contribution < -0.4 is 9.64 Å². The van der Waals surface area contributed by atoms with Gasteiger partial charge < -0.3 is 4.74 Å². The minimum atomic E-state index is -0.442. The van der Waals surface area contributed by atoms with Crippen LogP contribution in [0.4, 0.5) is 5.69 Å². The van der Waals surface area contributed by atoms with Crippen molar-refractivity contribution < 1.29 is 19.1 Å². The molecule has 0 aromatic heterocycles. The lowest BCUT2D eigenvalue weighted by Gasteiger charge is -2.29. The van der Waals surface area contributed by atoms with Crippen molar-refractivity contribution in [2.24, 2.45) is 0 Å². The van der Waals surface area contributed by atoms with Crippen LogP contribution in [0.2, 0.25) is 0 Å². The first-order chi connectivity index (χ1) is 10.6. The topological polar surface area (TPSA) is 66.9 Å². The molecule has 6 nitrogen and oxygen atoms in total. The summed E-state index contributed by atoms with van der Waals surface area (Å²) in [5, 5.41) is 0. The highest BCUT2D eigenvalue weighted by Crippen LogP contribution is 2.28. The molecule has 2 fully saturated rings. The number of Topliss-reactive ketones (excluding diaryl/α,β-unsaturated/α-hetero) is 1. The second-order valence-electron chi connectivity index (χ2n) is 5.56. The third-order valence-electron chi connectivity index (χ3n) is 4.25. The molecule has 3 rings (SSSR count). The van der Waals surface area contributed by atoms with E-state index >= 15 is 0 Å². The second-order valence-corrected chi connectivity index (χ2v) is 5.56. The lowest BCUT2D eigenvalue weighted by molar-refractivity contribution is -0.127. The third-order valence-corrected chi connectivity index (χ3v) is 4.25. The molecule has 2 saturated heterocycles. The number of hydrogen-bond acceptors (Lipinski definition) is 5. The van der Waals surface area contributed by atoms with Crippen molar-refractivity contribution in [2.75, 3.05) is 25.1 Å². The molecule has 2 aliphatic heterocycles. The van der Waals surface area contributed by atoms with Crippen LogP contribution in [0.3, 0.4) is 0 Å². The Labute approximate surface area is 128 Å². The van der Waals surface area contributed by atoms with Gasteiger partial charge in [0.2, 0.25) is 5.91 Å². The SMILES string of the molecule is COc1ccc(N2C(=O)C[C@@H](N3CCC(=O)CC3)C2=O)cc1. The van der Waals surface area contributed by atoms with E-state index in [2.05, 4.69) is 0 Å². The molecule has 0 radical (unpaired) electrons. The quantitative estimate of drug-likeness (QED) is 0.779. The zero-order valence-corrected chi connectivity index (χ0v) is 12.4. The molecule has 2 amide bonds. The molecular weight excluding hydrogens is 284 g/mol. The van der Waals surface area contributed by atoms with Crippen LogP contribution in [0.5, 0.6) is 5.75 Å². The Bertz CT molecular complexity index is 601. The molecule has 22 heavy (non-hydrogen) atoms. The molecule has 0 saturated carbocycles.